The van der Waals surface area contributed by atoms with Crippen molar-refractivity contribution in [2.24, 2.45) is 5.73 Å². The zero-order valence-corrected chi connectivity index (χ0v) is 9.69. The van der Waals surface area contributed by atoms with Gasteiger partial charge >= 0.3 is 0 Å². The van der Waals surface area contributed by atoms with Crippen LogP contribution in [0.5, 0.6) is 0 Å². The molecule has 2 heterocycles. The van der Waals surface area contributed by atoms with E-state index in [4.69, 9.17) is 5.73 Å². The van der Waals surface area contributed by atoms with Crippen LogP contribution in [0.1, 0.15) is 17.4 Å². The summed E-state index contributed by atoms with van der Waals surface area (Å²) in [5, 5.41) is 2.16. The topological polar surface area (TPSA) is 64.7 Å². The van der Waals surface area contributed by atoms with Gasteiger partial charge in [-0.2, -0.15) is 0 Å². The Morgan fingerprint density at radius 3 is 2.56 bits per heavy atom. The van der Waals surface area contributed by atoms with Gasteiger partial charge < -0.3 is 5.73 Å². The molecule has 0 aliphatic carbocycles. The van der Waals surface area contributed by atoms with Gasteiger partial charge in [-0.15, -0.1) is 0 Å². The van der Waals surface area contributed by atoms with Crippen molar-refractivity contribution in [3.8, 4) is 0 Å². The highest BCUT2D eigenvalue weighted by Gasteiger charge is 2.14. The highest BCUT2D eigenvalue weighted by Crippen LogP contribution is 2.24. The van der Waals surface area contributed by atoms with Gasteiger partial charge in [-0.25, -0.2) is 9.97 Å². The van der Waals surface area contributed by atoms with E-state index in [0.717, 1.165) is 16.3 Å². The van der Waals surface area contributed by atoms with E-state index in [1.165, 1.54) is 0 Å². The van der Waals surface area contributed by atoms with Crippen LogP contribution >= 0.6 is 0 Å². The van der Waals surface area contributed by atoms with E-state index < -0.39 is 0 Å². The number of pyridine rings is 1. The summed E-state index contributed by atoms with van der Waals surface area (Å²) in [4.78, 5) is 12.6. The van der Waals surface area contributed by atoms with E-state index in [9.17, 15) is 0 Å². The lowest BCUT2D eigenvalue weighted by Crippen LogP contribution is -2.15. The molecule has 0 bridgehead atoms. The predicted molar refractivity (Wildman–Crippen MR) is 69.8 cm³/mol. The van der Waals surface area contributed by atoms with Crippen LogP contribution in [0.4, 0.5) is 0 Å². The van der Waals surface area contributed by atoms with Crippen molar-refractivity contribution >= 4 is 10.8 Å². The second-order valence-corrected chi connectivity index (χ2v) is 4.03. The first kappa shape index (κ1) is 10.8. The number of hydrogen-bond donors (Lipinski definition) is 1. The Balaban J connectivity index is 2.15. The van der Waals surface area contributed by atoms with Crippen molar-refractivity contribution in [3.63, 3.8) is 0 Å². The lowest BCUT2D eigenvalue weighted by molar-refractivity contribution is 0.783. The van der Waals surface area contributed by atoms with Gasteiger partial charge in [0, 0.05) is 35.7 Å². The van der Waals surface area contributed by atoms with Gasteiger partial charge in [0.2, 0.25) is 0 Å². The third-order valence-electron chi connectivity index (χ3n) is 2.90. The summed E-state index contributed by atoms with van der Waals surface area (Å²) in [6, 6.07) is 9.45. The molecular formula is C14H12N4. The quantitative estimate of drug-likeness (QED) is 0.739. The lowest BCUT2D eigenvalue weighted by Gasteiger charge is -2.12. The van der Waals surface area contributed by atoms with Crippen molar-refractivity contribution in [2.45, 2.75) is 6.04 Å². The zero-order valence-electron chi connectivity index (χ0n) is 9.69. The van der Waals surface area contributed by atoms with Crippen LogP contribution in [-0.2, 0) is 0 Å². The van der Waals surface area contributed by atoms with Gasteiger partial charge in [-0.3, -0.25) is 4.98 Å². The number of hydrogen-bond acceptors (Lipinski definition) is 4. The molecule has 0 aliphatic rings. The van der Waals surface area contributed by atoms with Crippen LogP contribution in [0.25, 0.3) is 10.8 Å². The first-order chi connectivity index (χ1) is 8.86. The molecule has 18 heavy (non-hydrogen) atoms. The van der Waals surface area contributed by atoms with Crippen LogP contribution in [-0.4, -0.2) is 15.0 Å². The highest BCUT2D eigenvalue weighted by molar-refractivity contribution is 5.85. The summed E-state index contributed by atoms with van der Waals surface area (Å²) in [6.07, 6.45) is 7.00. The van der Waals surface area contributed by atoms with Crippen LogP contribution < -0.4 is 5.73 Å². The molecule has 3 rings (SSSR count). The van der Waals surface area contributed by atoms with Crippen molar-refractivity contribution in [3.05, 3.63) is 66.5 Å². The molecule has 0 saturated heterocycles. The van der Waals surface area contributed by atoms with E-state index in [-0.39, 0.29) is 6.04 Å². The Kier molecular flexibility index (Phi) is 2.70. The van der Waals surface area contributed by atoms with Crippen molar-refractivity contribution in [1.29, 1.82) is 0 Å². The molecule has 88 valence electrons. The smallest absolute Gasteiger partial charge is 0.149 e. The molecule has 4 nitrogen and oxygen atoms in total. The van der Waals surface area contributed by atoms with E-state index in [1.54, 1.807) is 24.7 Å². The molecule has 2 N–H and O–H groups in total. The molecule has 4 heteroatoms. The minimum atomic E-state index is -0.357. The minimum absolute atomic E-state index is 0.357. The van der Waals surface area contributed by atoms with Gasteiger partial charge in [0.15, 0.2) is 0 Å². The van der Waals surface area contributed by atoms with Gasteiger partial charge in [0.05, 0.1) is 6.04 Å². The maximum Gasteiger partial charge on any atom is 0.149 e. The number of aromatic nitrogens is 3. The summed E-state index contributed by atoms with van der Waals surface area (Å²) < 4.78 is 0. The number of nitrogens with zero attached hydrogens (tertiary/aromatic N) is 3. The average Bonchev–Trinajstić information content (AvgIpc) is 2.47. The summed E-state index contributed by atoms with van der Waals surface area (Å²) in [5.74, 6) is 0.607. The van der Waals surface area contributed by atoms with Crippen molar-refractivity contribution in [1.82, 2.24) is 15.0 Å². The van der Waals surface area contributed by atoms with Crippen LogP contribution in [0, 0.1) is 0 Å². The van der Waals surface area contributed by atoms with E-state index in [2.05, 4.69) is 15.0 Å². The van der Waals surface area contributed by atoms with Crippen LogP contribution in [0.3, 0.4) is 0 Å². The first-order valence-electron chi connectivity index (χ1n) is 5.71. The van der Waals surface area contributed by atoms with Crippen LogP contribution in [0.2, 0.25) is 0 Å². The molecule has 0 spiro atoms. The third-order valence-corrected chi connectivity index (χ3v) is 2.90. The molecule has 3 aromatic rings. The average molecular weight is 236 g/mol. The van der Waals surface area contributed by atoms with E-state index in [1.807, 2.05) is 30.5 Å². The fourth-order valence-electron chi connectivity index (χ4n) is 2.00. The molecule has 0 saturated carbocycles. The Morgan fingerprint density at radius 1 is 0.944 bits per heavy atom. The molecule has 1 aromatic carbocycles. The fourth-order valence-corrected chi connectivity index (χ4v) is 2.00. The molecule has 1 unspecified atom stereocenters. The molecule has 0 radical (unpaired) electrons. The SMILES string of the molecule is NC(c1ncccn1)c1cncc2ccccc12. The summed E-state index contributed by atoms with van der Waals surface area (Å²) in [7, 11) is 0. The highest BCUT2D eigenvalue weighted by atomic mass is 14.9. The number of rotatable bonds is 2. The van der Waals surface area contributed by atoms with Gasteiger partial charge in [0.25, 0.3) is 0 Å². The Morgan fingerprint density at radius 2 is 1.72 bits per heavy atom. The molecule has 1 atom stereocenters. The zero-order chi connectivity index (χ0) is 12.4. The summed E-state index contributed by atoms with van der Waals surface area (Å²) >= 11 is 0. The molecule has 0 fully saturated rings. The molecule has 0 amide bonds. The monoisotopic (exact) mass is 236 g/mol. The Hall–Kier alpha value is -2.33. The van der Waals surface area contributed by atoms with E-state index in [0.29, 0.717) is 5.82 Å². The van der Waals surface area contributed by atoms with Gasteiger partial charge in [0.1, 0.15) is 5.82 Å². The standard InChI is InChI=1S/C14H12N4/c15-13(14-17-6-3-7-18-14)12-9-16-8-10-4-1-2-5-11(10)12/h1-9,13H,15H2. The number of nitrogens with two attached hydrogens (primary N) is 1. The Bertz CT molecular complexity index is 661. The predicted octanol–water partition coefficient (Wildman–Crippen LogP) is 2.07. The minimum Gasteiger partial charge on any atom is -0.318 e. The van der Waals surface area contributed by atoms with Crippen molar-refractivity contribution < 1.29 is 0 Å². The summed E-state index contributed by atoms with van der Waals surface area (Å²) in [5.41, 5.74) is 7.16. The number of fused-ring (bicyclic) bond motifs is 1. The lowest BCUT2D eigenvalue weighted by atomic mass is 10.0. The number of benzene rings is 1. The third kappa shape index (κ3) is 1.83. The Labute approximate surface area is 105 Å². The van der Waals surface area contributed by atoms with Gasteiger partial charge in [-0.05, 0) is 11.5 Å². The molecule has 0 aliphatic heterocycles. The van der Waals surface area contributed by atoms with Crippen LogP contribution in [0.15, 0.2) is 55.1 Å². The molecular weight excluding hydrogens is 224 g/mol. The fraction of sp³-hybridized carbons (Fsp3) is 0.0714. The normalized spacial score (nSPS) is 12.5. The van der Waals surface area contributed by atoms with E-state index >= 15 is 0 Å². The maximum absolute atomic E-state index is 6.22. The second-order valence-electron chi connectivity index (χ2n) is 4.03. The molecule has 2 aromatic heterocycles. The summed E-state index contributed by atoms with van der Waals surface area (Å²) in [6.45, 7) is 0. The largest absolute Gasteiger partial charge is 0.318 e. The maximum atomic E-state index is 6.22. The first-order valence-corrected chi connectivity index (χ1v) is 5.71. The van der Waals surface area contributed by atoms with Gasteiger partial charge in [-0.1, -0.05) is 24.3 Å². The van der Waals surface area contributed by atoms with Crippen molar-refractivity contribution in [2.75, 3.05) is 0 Å². The second kappa shape index (κ2) is 4.50.